The van der Waals surface area contributed by atoms with Gasteiger partial charge in [-0.1, -0.05) is 60.1 Å². The molecule has 0 radical (unpaired) electrons. The van der Waals surface area contributed by atoms with Crippen molar-refractivity contribution in [1.82, 2.24) is 9.55 Å². The zero-order valence-corrected chi connectivity index (χ0v) is 13.7. The molecule has 4 rings (SSSR count). The lowest BCUT2D eigenvalue weighted by molar-refractivity contribution is 1.02. The van der Waals surface area contributed by atoms with Crippen LogP contribution in [0.1, 0.15) is 5.56 Å². The highest BCUT2D eigenvalue weighted by atomic mass is 35.5. The van der Waals surface area contributed by atoms with E-state index in [1.54, 1.807) is 0 Å². The van der Waals surface area contributed by atoms with E-state index in [-0.39, 0.29) is 0 Å². The van der Waals surface area contributed by atoms with Crippen LogP contribution >= 0.6 is 11.6 Å². The van der Waals surface area contributed by atoms with E-state index in [4.69, 9.17) is 16.6 Å². The van der Waals surface area contributed by atoms with E-state index < -0.39 is 0 Å². The van der Waals surface area contributed by atoms with Crippen molar-refractivity contribution in [3.63, 3.8) is 0 Å². The zero-order chi connectivity index (χ0) is 16.4. The topological polar surface area (TPSA) is 29.9 Å². The van der Waals surface area contributed by atoms with Crippen LogP contribution in [0.5, 0.6) is 0 Å². The average Bonchev–Trinajstić information content (AvgIpc) is 3.01. The molecular formula is C20H16ClN3. The van der Waals surface area contributed by atoms with Crippen LogP contribution in [0.25, 0.3) is 16.7 Å². The van der Waals surface area contributed by atoms with Gasteiger partial charge in [0, 0.05) is 24.3 Å². The zero-order valence-electron chi connectivity index (χ0n) is 13.0. The third-order valence-electron chi connectivity index (χ3n) is 3.95. The van der Waals surface area contributed by atoms with Crippen LogP contribution in [-0.2, 0) is 6.54 Å². The number of hydrogen-bond donors (Lipinski definition) is 1. The molecule has 0 bridgehead atoms. The third kappa shape index (κ3) is 2.99. The Balaban J connectivity index is 1.60. The largest absolute Gasteiger partial charge is 0.379 e. The van der Waals surface area contributed by atoms with E-state index in [1.807, 2.05) is 59.4 Å². The molecule has 0 spiro atoms. The number of halogens is 1. The minimum atomic E-state index is 0.681. The second kappa shape index (κ2) is 6.38. The molecule has 0 fully saturated rings. The Kier molecular flexibility index (Phi) is 3.93. The van der Waals surface area contributed by atoms with E-state index in [0.29, 0.717) is 5.02 Å². The molecule has 2 aromatic carbocycles. The highest BCUT2D eigenvalue weighted by molar-refractivity contribution is 6.33. The lowest BCUT2D eigenvalue weighted by Gasteiger charge is -2.05. The van der Waals surface area contributed by atoms with Crippen molar-refractivity contribution in [3.8, 4) is 5.82 Å². The number of anilines is 1. The van der Waals surface area contributed by atoms with Gasteiger partial charge in [-0.25, -0.2) is 4.98 Å². The average molecular weight is 334 g/mol. The van der Waals surface area contributed by atoms with Crippen LogP contribution in [0.3, 0.4) is 0 Å². The summed E-state index contributed by atoms with van der Waals surface area (Å²) < 4.78 is 1.95. The molecule has 2 heterocycles. The fraction of sp³-hybridized carbons (Fsp3) is 0.0500. The van der Waals surface area contributed by atoms with Gasteiger partial charge in [0.1, 0.15) is 5.82 Å². The summed E-state index contributed by atoms with van der Waals surface area (Å²) in [5.74, 6) is 0.850. The molecule has 0 aliphatic carbocycles. The molecule has 1 N–H and O–H groups in total. The molecule has 0 saturated carbocycles. The highest BCUT2D eigenvalue weighted by Gasteiger charge is 2.07. The molecule has 0 saturated heterocycles. The molecule has 118 valence electrons. The Bertz CT molecular complexity index is 977. The van der Waals surface area contributed by atoms with Crippen molar-refractivity contribution in [2.45, 2.75) is 6.54 Å². The monoisotopic (exact) mass is 333 g/mol. The highest BCUT2D eigenvalue weighted by Crippen LogP contribution is 2.26. The van der Waals surface area contributed by atoms with Gasteiger partial charge < -0.3 is 9.88 Å². The first-order chi connectivity index (χ1) is 11.8. The molecule has 3 nitrogen and oxygen atoms in total. The van der Waals surface area contributed by atoms with Gasteiger partial charge in [0.05, 0.1) is 16.2 Å². The summed E-state index contributed by atoms with van der Waals surface area (Å²) in [6.07, 6.45) is 3.86. The van der Waals surface area contributed by atoms with Crippen LogP contribution in [0.4, 0.5) is 5.69 Å². The van der Waals surface area contributed by atoms with Gasteiger partial charge in [-0.15, -0.1) is 0 Å². The molecular weight excluding hydrogens is 318 g/mol. The lowest BCUT2D eigenvalue weighted by atomic mass is 10.2. The molecule has 0 aliphatic heterocycles. The van der Waals surface area contributed by atoms with E-state index in [1.165, 1.54) is 5.56 Å². The second-order valence-electron chi connectivity index (χ2n) is 5.63. The Hall–Kier alpha value is -2.78. The summed E-state index contributed by atoms with van der Waals surface area (Å²) in [7, 11) is 0. The van der Waals surface area contributed by atoms with Crippen molar-refractivity contribution >= 4 is 28.2 Å². The SMILES string of the molecule is Clc1cn(-c2ccc3ccccc3n2)cc1NCc1ccccc1. The maximum absolute atomic E-state index is 6.37. The molecule has 2 aromatic heterocycles. The van der Waals surface area contributed by atoms with Crippen molar-refractivity contribution in [1.29, 1.82) is 0 Å². The van der Waals surface area contributed by atoms with Crippen LogP contribution < -0.4 is 5.32 Å². The number of nitrogens with one attached hydrogen (secondary N) is 1. The van der Waals surface area contributed by atoms with Gasteiger partial charge >= 0.3 is 0 Å². The summed E-state index contributed by atoms with van der Waals surface area (Å²) >= 11 is 6.37. The maximum atomic E-state index is 6.37. The normalized spacial score (nSPS) is 10.9. The number of hydrogen-bond acceptors (Lipinski definition) is 2. The molecule has 4 aromatic rings. The standard InChI is InChI=1S/C20H16ClN3/c21-17-13-24(14-19(17)22-12-15-6-2-1-3-7-15)20-11-10-16-8-4-5-9-18(16)23-20/h1-11,13-14,22H,12H2. The molecule has 0 unspecified atom stereocenters. The molecule has 0 atom stereocenters. The van der Waals surface area contributed by atoms with Gasteiger partial charge in [-0.05, 0) is 23.8 Å². The van der Waals surface area contributed by atoms with Gasteiger partial charge in [0.15, 0.2) is 0 Å². The molecule has 4 heteroatoms. The fourth-order valence-corrected chi connectivity index (χ4v) is 2.91. The van der Waals surface area contributed by atoms with E-state index in [2.05, 4.69) is 29.6 Å². The minimum Gasteiger partial charge on any atom is -0.379 e. The predicted octanol–water partition coefficient (Wildman–Crippen LogP) is 5.29. The van der Waals surface area contributed by atoms with Crippen molar-refractivity contribution in [3.05, 3.63) is 89.7 Å². The minimum absolute atomic E-state index is 0.681. The first kappa shape index (κ1) is 14.8. The number of aromatic nitrogens is 2. The number of benzene rings is 2. The Morgan fingerprint density at radius 1 is 0.875 bits per heavy atom. The Labute approximate surface area is 145 Å². The summed E-state index contributed by atoms with van der Waals surface area (Å²) in [5, 5.41) is 5.18. The summed E-state index contributed by atoms with van der Waals surface area (Å²) in [5.41, 5.74) is 3.08. The molecule has 0 amide bonds. The van der Waals surface area contributed by atoms with Gasteiger partial charge in [0.25, 0.3) is 0 Å². The van der Waals surface area contributed by atoms with Gasteiger partial charge in [-0.3, -0.25) is 0 Å². The number of fused-ring (bicyclic) bond motifs is 1. The van der Waals surface area contributed by atoms with Crippen molar-refractivity contribution < 1.29 is 0 Å². The first-order valence-corrected chi connectivity index (χ1v) is 8.19. The Morgan fingerprint density at radius 2 is 1.67 bits per heavy atom. The van der Waals surface area contributed by atoms with Gasteiger partial charge in [-0.2, -0.15) is 0 Å². The quantitative estimate of drug-likeness (QED) is 0.550. The molecule has 0 aliphatic rings. The van der Waals surface area contributed by atoms with E-state index >= 15 is 0 Å². The molecule has 24 heavy (non-hydrogen) atoms. The maximum Gasteiger partial charge on any atom is 0.137 e. The van der Waals surface area contributed by atoms with Gasteiger partial charge in [0.2, 0.25) is 0 Å². The van der Waals surface area contributed by atoms with Crippen LogP contribution in [-0.4, -0.2) is 9.55 Å². The number of rotatable bonds is 4. The van der Waals surface area contributed by atoms with Crippen molar-refractivity contribution in [2.24, 2.45) is 0 Å². The van der Waals surface area contributed by atoms with Crippen molar-refractivity contribution in [2.75, 3.05) is 5.32 Å². The Morgan fingerprint density at radius 3 is 2.54 bits per heavy atom. The predicted molar refractivity (Wildman–Crippen MR) is 99.8 cm³/mol. The number of nitrogens with zero attached hydrogens (tertiary/aromatic N) is 2. The summed E-state index contributed by atoms with van der Waals surface area (Å²) in [6, 6.07) is 22.4. The second-order valence-corrected chi connectivity index (χ2v) is 6.04. The smallest absolute Gasteiger partial charge is 0.137 e. The number of pyridine rings is 1. The third-order valence-corrected chi connectivity index (χ3v) is 4.25. The van der Waals surface area contributed by atoms with Crippen LogP contribution in [0.2, 0.25) is 5.02 Å². The lowest BCUT2D eigenvalue weighted by Crippen LogP contribution is -1.99. The summed E-state index contributed by atoms with van der Waals surface area (Å²) in [4.78, 5) is 4.69. The van der Waals surface area contributed by atoms with Crippen LogP contribution in [0.15, 0.2) is 79.1 Å². The first-order valence-electron chi connectivity index (χ1n) is 7.81. The van der Waals surface area contributed by atoms with E-state index in [9.17, 15) is 0 Å². The fourth-order valence-electron chi connectivity index (χ4n) is 2.68. The van der Waals surface area contributed by atoms with E-state index in [0.717, 1.165) is 29.0 Å². The number of para-hydroxylation sites is 1. The van der Waals surface area contributed by atoms with Crippen LogP contribution in [0, 0.1) is 0 Å². The summed E-state index contributed by atoms with van der Waals surface area (Å²) in [6.45, 7) is 0.732.